The minimum Gasteiger partial charge on any atom is -0.388 e. The van der Waals surface area contributed by atoms with Crippen LogP contribution in [0.3, 0.4) is 0 Å². The van der Waals surface area contributed by atoms with Crippen LogP contribution in [0.1, 0.15) is 48.0 Å². The fourth-order valence-corrected chi connectivity index (χ4v) is 4.50. The molecule has 1 saturated heterocycles. The van der Waals surface area contributed by atoms with Crippen LogP contribution in [0.5, 0.6) is 0 Å². The third kappa shape index (κ3) is 16.9. The number of hydrogen-bond donors (Lipinski definition) is 2. The lowest BCUT2D eigenvalue weighted by atomic mass is 10.1. The Hall–Kier alpha value is -2.61. The molecule has 0 aromatic carbocycles. The first kappa shape index (κ1) is 38.5. The fourth-order valence-electron chi connectivity index (χ4n) is 3.14. The molecule has 1 aliphatic rings. The van der Waals surface area contributed by atoms with Crippen LogP contribution < -0.4 is 5.32 Å². The molecule has 0 spiro atoms. The average molecular weight is 564 g/mol. The van der Waals surface area contributed by atoms with Crippen LogP contribution in [0.2, 0.25) is 0 Å². The van der Waals surface area contributed by atoms with Crippen LogP contribution in [-0.2, 0) is 19.6 Å². The molecular weight excluding hydrogens is 514 g/mol. The lowest BCUT2D eigenvalue weighted by molar-refractivity contribution is -0.104. The van der Waals surface area contributed by atoms with Gasteiger partial charge in [-0.3, -0.25) is 9.79 Å². The number of carbonyl (C=O) groups is 1. The summed E-state index contributed by atoms with van der Waals surface area (Å²) in [4.78, 5) is 14.1. The maximum Gasteiger partial charge on any atom is 0.242 e. The highest BCUT2D eigenvalue weighted by Gasteiger charge is 2.37. The summed E-state index contributed by atoms with van der Waals surface area (Å²) in [6.45, 7) is 20.8. The third-order valence-corrected chi connectivity index (χ3v) is 6.92. The molecule has 1 aliphatic heterocycles. The van der Waals surface area contributed by atoms with Crippen molar-refractivity contribution in [3.63, 3.8) is 0 Å². The van der Waals surface area contributed by atoms with Gasteiger partial charge in [-0.2, -0.15) is 4.31 Å². The molecule has 4 atom stereocenters. The minimum absolute atomic E-state index is 0.0516. The van der Waals surface area contributed by atoms with Crippen molar-refractivity contribution < 1.29 is 23.1 Å². The van der Waals surface area contributed by atoms with Crippen LogP contribution in [0, 0.1) is 24.2 Å². The summed E-state index contributed by atoms with van der Waals surface area (Å²) in [5.41, 5.74) is 1.30. The molecule has 4 unspecified atom stereocenters. The Bertz CT molecular complexity index is 1000. The van der Waals surface area contributed by atoms with E-state index in [0.717, 1.165) is 12.7 Å². The zero-order valence-corrected chi connectivity index (χ0v) is 25.6. The standard InChI is InChI=1S/C17H28N2O3S.C11H15NO2.C2H6/c1-6-10-22-17-13-19(12-14(17)3)23(20,21)15(4)8-9-16(7-2)11-18-5;1-9(6-10(2)8-13)4-5-12-7-11(3)14;1-2/h2,8-9,14,16-18H,4,6,10-13H2,1,3,5H3;4-8,11,14H,1H2,2-3H3;1-2H3/b9-8-;5-4-,10-6+,12-7?;. The molecule has 0 amide bonds. The number of aliphatic imine (C=N–C) groups is 1. The van der Waals surface area contributed by atoms with Crippen molar-refractivity contribution >= 4 is 22.5 Å². The van der Waals surface area contributed by atoms with E-state index in [-0.39, 0.29) is 22.8 Å². The summed E-state index contributed by atoms with van der Waals surface area (Å²) in [5.74, 6) is 2.61. The SMILES string of the molecule is C#CC(/C=C\C(=C)S(=O)(=O)N1CC(C)C(OCCC)C1)CNC.C=C(/C=C\N=CC(C)O)/C=C(\C)C=O.CC. The quantitative estimate of drug-likeness (QED) is 0.107. The largest absolute Gasteiger partial charge is 0.388 e. The summed E-state index contributed by atoms with van der Waals surface area (Å²) >= 11 is 0. The monoisotopic (exact) mass is 563 g/mol. The van der Waals surface area contributed by atoms with E-state index in [1.165, 1.54) is 22.8 Å². The van der Waals surface area contributed by atoms with Crippen molar-refractivity contribution in [2.45, 2.75) is 60.2 Å². The highest BCUT2D eigenvalue weighted by Crippen LogP contribution is 2.25. The average Bonchev–Trinajstić information content (AvgIpc) is 3.29. The Morgan fingerprint density at radius 2 is 1.95 bits per heavy atom. The highest BCUT2D eigenvalue weighted by molar-refractivity contribution is 7.93. The second-order valence-electron chi connectivity index (χ2n) is 8.80. The lowest BCUT2D eigenvalue weighted by Crippen LogP contribution is -2.30. The predicted molar refractivity (Wildman–Crippen MR) is 164 cm³/mol. The Kier molecular flexibility index (Phi) is 22.0. The molecule has 0 aromatic rings. The number of rotatable bonds is 14. The van der Waals surface area contributed by atoms with Gasteiger partial charge in [-0.15, -0.1) is 6.42 Å². The molecule has 9 heteroatoms. The number of aldehydes is 1. The maximum atomic E-state index is 12.6. The van der Waals surface area contributed by atoms with Gasteiger partial charge < -0.3 is 15.2 Å². The molecular formula is C30H49N3O5S. The first-order chi connectivity index (χ1) is 18.4. The molecule has 1 heterocycles. The smallest absolute Gasteiger partial charge is 0.242 e. The number of nitrogens with zero attached hydrogens (tertiary/aromatic N) is 2. The molecule has 1 fully saturated rings. The Balaban J connectivity index is 0. The molecule has 0 saturated carbocycles. The topological polar surface area (TPSA) is 108 Å². The van der Waals surface area contributed by atoms with Gasteiger partial charge in [0.1, 0.15) is 6.29 Å². The number of sulfonamides is 1. The van der Waals surface area contributed by atoms with E-state index < -0.39 is 16.1 Å². The molecule has 0 bridgehead atoms. The van der Waals surface area contributed by atoms with E-state index in [2.05, 4.69) is 29.4 Å². The van der Waals surface area contributed by atoms with Crippen molar-refractivity contribution in [2.75, 3.05) is 33.3 Å². The first-order valence-electron chi connectivity index (χ1n) is 13.2. The van der Waals surface area contributed by atoms with Gasteiger partial charge in [-0.05, 0) is 62.6 Å². The van der Waals surface area contributed by atoms with Gasteiger partial charge in [-0.1, -0.05) is 52.8 Å². The molecule has 1 rings (SSSR count). The van der Waals surface area contributed by atoms with Crippen LogP contribution in [0.4, 0.5) is 0 Å². The number of carbonyl (C=O) groups excluding carboxylic acids is 1. The van der Waals surface area contributed by atoms with Gasteiger partial charge in [0.25, 0.3) is 0 Å². The fraction of sp³-hybridized carbons (Fsp3) is 0.533. The van der Waals surface area contributed by atoms with Crippen molar-refractivity contribution in [1.29, 1.82) is 0 Å². The number of nitrogens with one attached hydrogen (secondary N) is 1. The van der Waals surface area contributed by atoms with Crippen molar-refractivity contribution in [2.24, 2.45) is 16.8 Å². The molecule has 8 nitrogen and oxygen atoms in total. The molecule has 2 N–H and O–H groups in total. The number of hydrogen-bond acceptors (Lipinski definition) is 7. The van der Waals surface area contributed by atoms with Crippen LogP contribution in [0.15, 0.2) is 64.7 Å². The first-order valence-corrected chi connectivity index (χ1v) is 14.7. The number of aliphatic hydroxyl groups is 1. The van der Waals surface area contributed by atoms with E-state index in [4.69, 9.17) is 16.3 Å². The summed E-state index contributed by atoms with van der Waals surface area (Å²) in [7, 11) is -1.77. The van der Waals surface area contributed by atoms with E-state index >= 15 is 0 Å². The van der Waals surface area contributed by atoms with Crippen LogP contribution in [0.25, 0.3) is 0 Å². The minimum atomic E-state index is -3.57. The second kappa shape index (κ2) is 22.2. The van der Waals surface area contributed by atoms with Gasteiger partial charge in [0, 0.05) is 38.7 Å². The normalized spacial score (nSPS) is 19.6. The van der Waals surface area contributed by atoms with E-state index in [0.29, 0.717) is 37.4 Å². The van der Waals surface area contributed by atoms with Crippen molar-refractivity contribution in [3.05, 3.63) is 59.7 Å². The van der Waals surface area contributed by atoms with Crippen LogP contribution >= 0.6 is 0 Å². The Labute approximate surface area is 237 Å². The number of aliphatic hydroxyl groups excluding tert-OH is 1. The summed E-state index contributed by atoms with van der Waals surface area (Å²) in [5, 5.41) is 11.8. The van der Waals surface area contributed by atoms with E-state index in [9.17, 15) is 13.2 Å². The van der Waals surface area contributed by atoms with Gasteiger partial charge in [-0.25, -0.2) is 8.42 Å². The van der Waals surface area contributed by atoms with Gasteiger partial charge in [0.05, 0.1) is 23.0 Å². The molecule has 0 aliphatic carbocycles. The van der Waals surface area contributed by atoms with E-state index in [1.54, 1.807) is 39.1 Å². The van der Waals surface area contributed by atoms with Crippen LogP contribution in [-0.4, -0.2) is 75.8 Å². The van der Waals surface area contributed by atoms with Gasteiger partial charge in [0.15, 0.2) is 0 Å². The maximum absolute atomic E-state index is 12.6. The van der Waals surface area contributed by atoms with E-state index in [1.807, 2.05) is 27.7 Å². The summed E-state index contributed by atoms with van der Waals surface area (Å²) in [6.07, 6.45) is 15.9. The third-order valence-electron chi connectivity index (χ3n) is 5.15. The number of ether oxygens (including phenoxy) is 1. The Morgan fingerprint density at radius 3 is 2.46 bits per heavy atom. The molecule has 0 aromatic heterocycles. The zero-order valence-electron chi connectivity index (χ0n) is 24.8. The van der Waals surface area contributed by atoms with Crippen molar-refractivity contribution in [3.8, 4) is 12.3 Å². The Morgan fingerprint density at radius 1 is 1.31 bits per heavy atom. The van der Waals surface area contributed by atoms with Gasteiger partial charge in [0.2, 0.25) is 10.0 Å². The highest BCUT2D eigenvalue weighted by atomic mass is 32.2. The second-order valence-corrected chi connectivity index (χ2v) is 10.8. The number of allylic oxidation sites excluding steroid dienone is 5. The molecule has 0 radical (unpaired) electrons. The molecule has 220 valence electrons. The summed E-state index contributed by atoms with van der Waals surface area (Å²) < 4.78 is 32.4. The van der Waals surface area contributed by atoms with Crippen molar-refractivity contribution in [1.82, 2.24) is 9.62 Å². The summed E-state index contributed by atoms with van der Waals surface area (Å²) in [6, 6.07) is 0. The zero-order chi connectivity index (χ0) is 30.4. The predicted octanol–water partition coefficient (Wildman–Crippen LogP) is 4.28. The lowest BCUT2D eigenvalue weighted by Gasteiger charge is -2.17. The molecule has 39 heavy (non-hydrogen) atoms. The number of terminal acetylenes is 1. The van der Waals surface area contributed by atoms with Gasteiger partial charge >= 0.3 is 0 Å².